The van der Waals surface area contributed by atoms with Crippen molar-refractivity contribution in [3.8, 4) is 50.6 Å². The monoisotopic (exact) mass is 717 g/mol. The van der Waals surface area contributed by atoms with Gasteiger partial charge in [-0.2, -0.15) is 0 Å². The lowest BCUT2D eigenvalue weighted by Crippen LogP contribution is -1.99. The molecule has 0 bridgehead atoms. The van der Waals surface area contributed by atoms with Gasteiger partial charge in [0.15, 0.2) is 5.82 Å². The van der Waals surface area contributed by atoms with Gasteiger partial charge in [0.25, 0.3) is 0 Å². The van der Waals surface area contributed by atoms with Crippen LogP contribution in [0, 0.1) is 0 Å². The number of hydrogen-bond donors (Lipinski definition) is 0. The van der Waals surface area contributed by atoms with E-state index in [-0.39, 0.29) is 0 Å². The molecule has 264 valence electrons. The van der Waals surface area contributed by atoms with Gasteiger partial charge in [0.05, 0.1) is 22.4 Å². The highest BCUT2D eigenvalue weighted by Crippen LogP contribution is 2.43. The molecule has 1 aliphatic rings. The molecule has 7 aromatic carbocycles. The number of hydrogen-bond acceptors (Lipinski definition) is 3. The molecule has 0 radical (unpaired) electrons. The summed E-state index contributed by atoms with van der Waals surface area (Å²) in [5.41, 5.74) is 14.9. The highest BCUT2D eigenvalue weighted by Gasteiger charge is 2.20. The summed E-state index contributed by atoms with van der Waals surface area (Å²) in [5.74, 6) is 0.731. The van der Waals surface area contributed by atoms with E-state index in [2.05, 4.69) is 181 Å². The van der Waals surface area contributed by atoms with Crippen LogP contribution in [0.5, 0.6) is 0 Å². The molecule has 0 atom stereocenters. The average Bonchev–Trinajstić information content (AvgIpc) is 3.83. The van der Waals surface area contributed by atoms with Crippen LogP contribution in [-0.2, 0) is 0 Å². The third kappa shape index (κ3) is 5.38. The van der Waals surface area contributed by atoms with Crippen LogP contribution in [0.1, 0.15) is 18.5 Å². The van der Waals surface area contributed by atoms with Gasteiger partial charge in [-0.05, 0) is 71.5 Å². The zero-order chi connectivity index (χ0) is 37.0. The van der Waals surface area contributed by atoms with E-state index in [1.807, 2.05) is 12.1 Å². The zero-order valence-corrected chi connectivity index (χ0v) is 30.6. The molecule has 10 aromatic rings. The van der Waals surface area contributed by atoms with Crippen molar-refractivity contribution in [1.82, 2.24) is 14.5 Å². The van der Waals surface area contributed by atoms with Gasteiger partial charge >= 0.3 is 0 Å². The van der Waals surface area contributed by atoms with Crippen LogP contribution in [0.3, 0.4) is 0 Å². The van der Waals surface area contributed by atoms with Gasteiger partial charge in [0.1, 0.15) is 11.2 Å². The topological polar surface area (TPSA) is 43.9 Å². The first-order chi connectivity index (χ1) is 27.8. The molecular formula is C52H35N3O. The highest BCUT2D eigenvalue weighted by atomic mass is 16.3. The van der Waals surface area contributed by atoms with E-state index in [9.17, 15) is 0 Å². The standard InChI is InChI=1S/C52H35N3O/c1-4-15-34(16-5-1)43-31-39(32-44-41-21-11-13-26-49(41)56-51(43)44)55-47-24-12-10-22-42(47)50-40(23-14-25-48(50)55)35-27-29-38(30-28-35)52-53-45(36-17-6-2-7-18-36)33-46(54-52)37-19-8-3-9-20-37/h1-8,10-19,21-33H,9,20H2. The molecule has 0 N–H and O–H groups in total. The number of nitrogens with zero attached hydrogens (tertiary/aromatic N) is 3. The first kappa shape index (κ1) is 32.2. The minimum absolute atomic E-state index is 0.731. The Hall–Kier alpha value is -7.30. The van der Waals surface area contributed by atoms with Crippen molar-refractivity contribution in [3.05, 3.63) is 194 Å². The fourth-order valence-electron chi connectivity index (χ4n) is 8.42. The minimum Gasteiger partial charge on any atom is -0.455 e. The molecule has 0 saturated heterocycles. The number of fused-ring (bicyclic) bond motifs is 6. The maximum absolute atomic E-state index is 6.55. The largest absolute Gasteiger partial charge is 0.455 e. The molecule has 3 heterocycles. The molecule has 0 aliphatic heterocycles. The molecule has 0 spiro atoms. The van der Waals surface area contributed by atoms with E-state index in [4.69, 9.17) is 14.4 Å². The molecule has 1 aliphatic carbocycles. The summed E-state index contributed by atoms with van der Waals surface area (Å²) in [7, 11) is 0. The van der Waals surface area contributed by atoms with Gasteiger partial charge in [-0.1, -0.05) is 152 Å². The van der Waals surface area contributed by atoms with Crippen molar-refractivity contribution in [2.75, 3.05) is 0 Å². The van der Waals surface area contributed by atoms with E-state index < -0.39 is 0 Å². The number of allylic oxidation sites excluding steroid dienone is 4. The van der Waals surface area contributed by atoms with Crippen molar-refractivity contribution >= 4 is 49.3 Å². The third-order valence-electron chi connectivity index (χ3n) is 11.1. The molecule has 4 nitrogen and oxygen atoms in total. The lowest BCUT2D eigenvalue weighted by molar-refractivity contribution is 0.670. The Kier molecular flexibility index (Phi) is 7.59. The second-order valence-electron chi connectivity index (χ2n) is 14.5. The van der Waals surface area contributed by atoms with Crippen LogP contribution in [0.25, 0.3) is 99.9 Å². The maximum atomic E-state index is 6.55. The minimum atomic E-state index is 0.731. The van der Waals surface area contributed by atoms with Crippen molar-refractivity contribution in [2.24, 2.45) is 0 Å². The quantitative estimate of drug-likeness (QED) is 0.172. The molecule has 3 aromatic heterocycles. The zero-order valence-electron chi connectivity index (χ0n) is 30.6. The predicted octanol–water partition coefficient (Wildman–Crippen LogP) is 13.9. The number of para-hydroxylation sites is 2. The van der Waals surface area contributed by atoms with Gasteiger partial charge < -0.3 is 8.98 Å². The maximum Gasteiger partial charge on any atom is 0.160 e. The van der Waals surface area contributed by atoms with Crippen LogP contribution in [0.2, 0.25) is 0 Å². The van der Waals surface area contributed by atoms with Gasteiger partial charge in [-0.25, -0.2) is 9.97 Å². The number of aromatic nitrogens is 3. The summed E-state index contributed by atoms with van der Waals surface area (Å²) in [6.45, 7) is 0. The lowest BCUT2D eigenvalue weighted by atomic mass is 9.98. The van der Waals surface area contributed by atoms with Crippen LogP contribution < -0.4 is 0 Å². The number of furan rings is 1. The molecule has 0 fully saturated rings. The van der Waals surface area contributed by atoms with E-state index >= 15 is 0 Å². The lowest BCUT2D eigenvalue weighted by Gasteiger charge is -2.13. The highest BCUT2D eigenvalue weighted by molar-refractivity contribution is 6.17. The molecule has 4 heteroatoms. The van der Waals surface area contributed by atoms with Crippen molar-refractivity contribution in [2.45, 2.75) is 12.8 Å². The molecule has 56 heavy (non-hydrogen) atoms. The third-order valence-corrected chi connectivity index (χ3v) is 11.1. The summed E-state index contributed by atoms with van der Waals surface area (Å²) in [6.07, 6.45) is 8.52. The van der Waals surface area contributed by atoms with Crippen LogP contribution in [-0.4, -0.2) is 14.5 Å². The first-order valence-electron chi connectivity index (χ1n) is 19.2. The average molecular weight is 718 g/mol. The summed E-state index contributed by atoms with van der Waals surface area (Å²) in [4.78, 5) is 10.2. The summed E-state index contributed by atoms with van der Waals surface area (Å²) in [5, 5.41) is 4.64. The Morgan fingerprint density at radius 1 is 0.500 bits per heavy atom. The Labute approximate surface area is 324 Å². The first-order valence-corrected chi connectivity index (χ1v) is 19.2. The van der Waals surface area contributed by atoms with Gasteiger partial charge in [0, 0.05) is 43.9 Å². The van der Waals surface area contributed by atoms with Crippen molar-refractivity contribution in [3.63, 3.8) is 0 Å². The molecular weight excluding hydrogens is 683 g/mol. The van der Waals surface area contributed by atoms with E-state index in [0.717, 1.165) is 96.5 Å². The second-order valence-corrected chi connectivity index (χ2v) is 14.5. The van der Waals surface area contributed by atoms with E-state index in [0.29, 0.717) is 0 Å². The Morgan fingerprint density at radius 2 is 1.18 bits per heavy atom. The predicted molar refractivity (Wildman–Crippen MR) is 232 cm³/mol. The number of rotatable bonds is 6. The van der Waals surface area contributed by atoms with Crippen LogP contribution in [0.15, 0.2) is 193 Å². The molecule has 0 saturated carbocycles. The van der Waals surface area contributed by atoms with Gasteiger partial charge in [0.2, 0.25) is 0 Å². The number of benzene rings is 7. The normalized spacial score (nSPS) is 12.9. The smallest absolute Gasteiger partial charge is 0.160 e. The SMILES string of the molecule is C1=CCCC(c2cc(-c3ccccc3)nc(-c3ccc(-c4cccc5c4c4ccccc4n5-c4cc(-c5ccccc5)c5oc6ccccc6c5c4)cc3)n2)=C1. The van der Waals surface area contributed by atoms with Crippen LogP contribution >= 0.6 is 0 Å². The molecule has 0 unspecified atom stereocenters. The summed E-state index contributed by atoms with van der Waals surface area (Å²) < 4.78 is 8.96. The summed E-state index contributed by atoms with van der Waals surface area (Å²) in [6, 6.07) is 60.2. The van der Waals surface area contributed by atoms with Crippen molar-refractivity contribution < 1.29 is 4.42 Å². The van der Waals surface area contributed by atoms with Crippen LogP contribution in [0.4, 0.5) is 0 Å². The Bertz CT molecular complexity index is 3170. The van der Waals surface area contributed by atoms with Gasteiger partial charge in [-0.3, -0.25) is 0 Å². The summed E-state index contributed by atoms with van der Waals surface area (Å²) >= 11 is 0. The molecule has 0 amide bonds. The Morgan fingerprint density at radius 3 is 1.98 bits per heavy atom. The van der Waals surface area contributed by atoms with Crippen molar-refractivity contribution in [1.29, 1.82) is 0 Å². The molecule has 11 rings (SSSR count). The second kappa shape index (κ2) is 13.2. The fourth-order valence-corrected chi connectivity index (χ4v) is 8.42. The fraction of sp³-hybridized carbons (Fsp3) is 0.0385. The van der Waals surface area contributed by atoms with E-state index in [1.165, 1.54) is 21.9 Å². The Balaban J connectivity index is 1.07. The van der Waals surface area contributed by atoms with E-state index in [1.54, 1.807) is 0 Å². The van der Waals surface area contributed by atoms with Gasteiger partial charge in [-0.15, -0.1) is 0 Å².